The van der Waals surface area contributed by atoms with E-state index >= 15 is 0 Å². The predicted octanol–water partition coefficient (Wildman–Crippen LogP) is 5.57. The van der Waals surface area contributed by atoms with Crippen molar-refractivity contribution in [2.24, 2.45) is 0 Å². The second-order valence-electron chi connectivity index (χ2n) is 5.95. The predicted molar refractivity (Wildman–Crippen MR) is 95.1 cm³/mol. The third-order valence-electron chi connectivity index (χ3n) is 3.27. The Morgan fingerprint density at radius 1 is 1.00 bits per heavy atom. The Morgan fingerprint density at radius 2 is 1.52 bits per heavy atom. The third kappa shape index (κ3) is 13.8. The number of hydrogen-bond donors (Lipinski definition) is 2. The van der Waals surface area contributed by atoms with E-state index in [2.05, 4.69) is 58.6 Å². The van der Waals surface area contributed by atoms with Gasteiger partial charge in [0.2, 0.25) is 0 Å². The Kier molecular flexibility index (Phi) is 11.1. The summed E-state index contributed by atoms with van der Waals surface area (Å²) in [5, 5.41) is 8.59. The SMILES string of the molecule is CC(C)=CCCC(C)=CCCC(C)=CCC(S)CC(=O)O. The van der Waals surface area contributed by atoms with E-state index in [4.69, 9.17) is 5.11 Å². The zero-order chi connectivity index (χ0) is 16.3. The number of thiol groups is 1. The monoisotopic (exact) mass is 310 g/mol. The summed E-state index contributed by atoms with van der Waals surface area (Å²) in [7, 11) is 0. The number of carboxylic acid groups (broad SMARTS) is 1. The minimum atomic E-state index is -0.782. The van der Waals surface area contributed by atoms with Gasteiger partial charge >= 0.3 is 5.97 Å². The van der Waals surface area contributed by atoms with Crippen molar-refractivity contribution in [2.45, 2.75) is 71.5 Å². The maximum absolute atomic E-state index is 10.5. The van der Waals surface area contributed by atoms with Crippen molar-refractivity contribution in [2.75, 3.05) is 0 Å². The van der Waals surface area contributed by atoms with Gasteiger partial charge < -0.3 is 5.11 Å². The van der Waals surface area contributed by atoms with Crippen molar-refractivity contribution in [3.63, 3.8) is 0 Å². The zero-order valence-electron chi connectivity index (χ0n) is 13.9. The highest BCUT2D eigenvalue weighted by molar-refractivity contribution is 7.81. The van der Waals surface area contributed by atoms with Crippen molar-refractivity contribution in [3.8, 4) is 0 Å². The first-order valence-electron chi connectivity index (χ1n) is 7.65. The van der Waals surface area contributed by atoms with Crippen LogP contribution in [0.15, 0.2) is 34.9 Å². The van der Waals surface area contributed by atoms with Gasteiger partial charge in [-0.1, -0.05) is 34.9 Å². The summed E-state index contributed by atoms with van der Waals surface area (Å²) in [6.07, 6.45) is 11.9. The summed E-state index contributed by atoms with van der Waals surface area (Å²) in [6, 6.07) is 0. The molecule has 0 heterocycles. The molecule has 0 aromatic carbocycles. The van der Waals surface area contributed by atoms with Crippen LogP contribution in [0.5, 0.6) is 0 Å². The number of aliphatic carboxylic acids is 1. The van der Waals surface area contributed by atoms with E-state index in [1.807, 2.05) is 0 Å². The van der Waals surface area contributed by atoms with Crippen LogP contribution in [-0.2, 0) is 4.79 Å². The lowest BCUT2D eigenvalue weighted by atomic mass is 10.1. The number of rotatable bonds is 10. The molecule has 1 unspecified atom stereocenters. The van der Waals surface area contributed by atoms with Gasteiger partial charge in [-0.05, 0) is 59.8 Å². The van der Waals surface area contributed by atoms with Crippen molar-refractivity contribution in [1.29, 1.82) is 0 Å². The Labute approximate surface area is 135 Å². The summed E-state index contributed by atoms with van der Waals surface area (Å²) in [5.74, 6) is -0.782. The van der Waals surface area contributed by atoms with Crippen molar-refractivity contribution in [1.82, 2.24) is 0 Å². The average Bonchev–Trinajstić information content (AvgIpc) is 2.35. The van der Waals surface area contributed by atoms with E-state index in [1.54, 1.807) is 0 Å². The summed E-state index contributed by atoms with van der Waals surface area (Å²) >= 11 is 4.28. The van der Waals surface area contributed by atoms with Crippen LogP contribution >= 0.6 is 12.6 Å². The van der Waals surface area contributed by atoms with Crippen LogP contribution in [0.1, 0.15) is 66.2 Å². The molecule has 0 spiro atoms. The van der Waals surface area contributed by atoms with Crippen LogP contribution in [-0.4, -0.2) is 16.3 Å². The maximum Gasteiger partial charge on any atom is 0.304 e. The molecule has 0 aliphatic carbocycles. The standard InChI is InChI=1S/C18H30O2S/c1-14(2)7-5-8-15(3)9-6-10-16(4)11-12-17(21)13-18(19)20/h7,9,11,17,21H,5-6,8,10,12-13H2,1-4H3,(H,19,20). The van der Waals surface area contributed by atoms with Gasteiger partial charge in [-0.25, -0.2) is 0 Å². The van der Waals surface area contributed by atoms with Gasteiger partial charge in [0, 0.05) is 5.25 Å². The first kappa shape index (κ1) is 20.0. The quantitative estimate of drug-likeness (QED) is 0.409. The molecule has 0 saturated heterocycles. The second kappa shape index (κ2) is 11.7. The van der Waals surface area contributed by atoms with Gasteiger partial charge in [0.05, 0.1) is 6.42 Å². The molecule has 0 saturated carbocycles. The van der Waals surface area contributed by atoms with E-state index in [0.717, 1.165) is 32.1 Å². The van der Waals surface area contributed by atoms with E-state index in [9.17, 15) is 4.79 Å². The number of carboxylic acids is 1. The summed E-state index contributed by atoms with van der Waals surface area (Å²) in [4.78, 5) is 10.5. The largest absolute Gasteiger partial charge is 0.481 e. The molecule has 21 heavy (non-hydrogen) atoms. The van der Waals surface area contributed by atoms with Crippen molar-refractivity contribution < 1.29 is 9.90 Å². The van der Waals surface area contributed by atoms with Crippen LogP contribution in [0.25, 0.3) is 0 Å². The first-order valence-corrected chi connectivity index (χ1v) is 8.17. The zero-order valence-corrected chi connectivity index (χ0v) is 14.7. The van der Waals surface area contributed by atoms with E-state index in [0.29, 0.717) is 0 Å². The van der Waals surface area contributed by atoms with Gasteiger partial charge in [-0.2, -0.15) is 12.6 Å². The fourth-order valence-corrected chi connectivity index (χ4v) is 2.22. The molecule has 1 atom stereocenters. The molecule has 0 radical (unpaired) electrons. The van der Waals surface area contributed by atoms with Crippen LogP contribution in [0.2, 0.25) is 0 Å². The molecule has 120 valence electrons. The van der Waals surface area contributed by atoms with E-state index < -0.39 is 5.97 Å². The highest BCUT2D eigenvalue weighted by Crippen LogP contribution is 2.14. The number of carbonyl (C=O) groups is 1. The fraction of sp³-hybridized carbons (Fsp3) is 0.611. The second-order valence-corrected chi connectivity index (χ2v) is 6.68. The van der Waals surface area contributed by atoms with Gasteiger partial charge in [0.15, 0.2) is 0 Å². The number of allylic oxidation sites excluding steroid dienone is 6. The lowest BCUT2D eigenvalue weighted by Crippen LogP contribution is -2.06. The summed E-state index contributed by atoms with van der Waals surface area (Å²) in [5.41, 5.74) is 4.13. The van der Waals surface area contributed by atoms with Crippen LogP contribution in [0.4, 0.5) is 0 Å². The molecule has 1 N–H and O–H groups in total. The average molecular weight is 311 g/mol. The Hall–Kier alpha value is -0.960. The smallest absolute Gasteiger partial charge is 0.304 e. The van der Waals surface area contributed by atoms with Crippen molar-refractivity contribution >= 4 is 18.6 Å². The normalized spacial score (nSPS) is 14.0. The highest BCUT2D eigenvalue weighted by atomic mass is 32.1. The molecule has 0 fully saturated rings. The minimum absolute atomic E-state index is 0.0844. The summed E-state index contributed by atoms with van der Waals surface area (Å²) in [6.45, 7) is 8.56. The van der Waals surface area contributed by atoms with Crippen LogP contribution < -0.4 is 0 Å². The van der Waals surface area contributed by atoms with Crippen LogP contribution in [0, 0.1) is 0 Å². The minimum Gasteiger partial charge on any atom is -0.481 e. The van der Waals surface area contributed by atoms with Gasteiger partial charge in [0.1, 0.15) is 0 Å². The van der Waals surface area contributed by atoms with Crippen LogP contribution in [0.3, 0.4) is 0 Å². The Morgan fingerprint density at radius 3 is 2.05 bits per heavy atom. The third-order valence-corrected chi connectivity index (χ3v) is 3.66. The van der Waals surface area contributed by atoms with E-state index in [-0.39, 0.29) is 11.7 Å². The molecule has 0 rings (SSSR count). The summed E-state index contributed by atoms with van der Waals surface area (Å²) < 4.78 is 0. The Balaban J connectivity index is 3.98. The highest BCUT2D eigenvalue weighted by Gasteiger charge is 2.06. The van der Waals surface area contributed by atoms with E-state index in [1.165, 1.54) is 16.7 Å². The molecule has 0 aliphatic rings. The molecule has 0 aromatic heterocycles. The molecule has 0 bridgehead atoms. The topological polar surface area (TPSA) is 37.3 Å². The molecule has 0 aliphatic heterocycles. The lowest BCUT2D eigenvalue weighted by molar-refractivity contribution is -0.136. The molecule has 0 aromatic rings. The Bertz CT molecular complexity index is 401. The molecule has 3 heteroatoms. The van der Waals surface area contributed by atoms with Crippen molar-refractivity contribution in [3.05, 3.63) is 34.9 Å². The first-order chi connectivity index (χ1) is 9.81. The lowest BCUT2D eigenvalue weighted by Gasteiger charge is -2.05. The number of hydrogen-bond acceptors (Lipinski definition) is 2. The molecular formula is C18H30O2S. The van der Waals surface area contributed by atoms with Gasteiger partial charge in [0.25, 0.3) is 0 Å². The molecular weight excluding hydrogens is 280 g/mol. The molecule has 0 amide bonds. The van der Waals surface area contributed by atoms with Gasteiger partial charge in [-0.15, -0.1) is 0 Å². The fourth-order valence-electron chi connectivity index (χ4n) is 1.96. The molecule has 2 nitrogen and oxygen atoms in total. The maximum atomic E-state index is 10.5. The van der Waals surface area contributed by atoms with Gasteiger partial charge in [-0.3, -0.25) is 4.79 Å².